The van der Waals surface area contributed by atoms with Crippen LogP contribution < -0.4 is 5.32 Å². The van der Waals surface area contributed by atoms with Gasteiger partial charge in [-0.1, -0.05) is 6.07 Å². The lowest BCUT2D eigenvalue weighted by Gasteiger charge is -2.11. The van der Waals surface area contributed by atoms with Gasteiger partial charge in [-0.2, -0.15) is 0 Å². The Morgan fingerprint density at radius 2 is 2.19 bits per heavy atom. The molecule has 0 aromatic carbocycles. The van der Waals surface area contributed by atoms with Crippen LogP contribution in [0.25, 0.3) is 16.2 Å². The van der Waals surface area contributed by atoms with E-state index in [1.54, 1.807) is 12.4 Å². The van der Waals surface area contributed by atoms with Gasteiger partial charge in [-0.15, -0.1) is 21.5 Å². The quantitative estimate of drug-likeness (QED) is 0.588. The topological polar surface area (TPSA) is 85.1 Å². The molecule has 0 aliphatic rings. The number of hydrogen-bond donors (Lipinski definition) is 1. The van der Waals surface area contributed by atoms with E-state index in [-0.39, 0.29) is 18.4 Å². The summed E-state index contributed by atoms with van der Waals surface area (Å²) in [6.07, 6.45) is 5.59. The van der Waals surface area contributed by atoms with Crippen LogP contribution in [-0.2, 0) is 11.2 Å². The minimum Gasteiger partial charge on any atom is -0.346 e. The molecule has 0 aliphatic carbocycles. The van der Waals surface area contributed by atoms with E-state index in [0.717, 1.165) is 21.9 Å². The number of nitrogens with zero attached hydrogens (tertiary/aromatic N) is 5. The number of aromatic nitrogens is 5. The van der Waals surface area contributed by atoms with Crippen molar-refractivity contribution in [3.8, 4) is 10.6 Å². The first-order valence-corrected chi connectivity index (χ1v) is 9.02. The predicted molar refractivity (Wildman–Crippen MR) is 98.6 cm³/mol. The number of amides is 1. The summed E-state index contributed by atoms with van der Waals surface area (Å²) in [6, 6.07) is 9.25. The first-order chi connectivity index (χ1) is 12.7. The molecular formula is C18H16N6OS. The molecule has 26 heavy (non-hydrogen) atoms. The zero-order valence-electron chi connectivity index (χ0n) is 14.0. The molecule has 7 nitrogen and oxygen atoms in total. The van der Waals surface area contributed by atoms with Crippen molar-refractivity contribution < 1.29 is 4.79 Å². The molecule has 4 aromatic rings. The van der Waals surface area contributed by atoms with Crippen molar-refractivity contribution in [2.45, 2.75) is 19.4 Å². The second-order valence-electron chi connectivity index (χ2n) is 5.84. The van der Waals surface area contributed by atoms with Crippen LogP contribution in [0, 0.1) is 0 Å². The van der Waals surface area contributed by atoms with E-state index in [9.17, 15) is 4.79 Å². The molecule has 0 bridgehead atoms. The maximum Gasteiger partial charge on any atom is 0.226 e. The van der Waals surface area contributed by atoms with Crippen LogP contribution in [0.2, 0.25) is 0 Å². The van der Waals surface area contributed by atoms with Gasteiger partial charge in [0.15, 0.2) is 11.5 Å². The van der Waals surface area contributed by atoms with Crippen LogP contribution in [-0.4, -0.2) is 30.5 Å². The Labute approximate surface area is 153 Å². The van der Waals surface area contributed by atoms with Crippen LogP contribution in [0.15, 0.2) is 54.3 Å². The fraction of sp³-hybridized carbons (Fsp3) is 0.167. The Morgan fingerprint density at radius 3 is 3.04 bits per heavy atom. The number of thiazole rings is 1. The van der Waals surface area contributed by atoms with E-state index >= 15 is 0 Å². The lowest BCUT2D eigenvalue weighted by atomic mass is 10.2. The maximum atomic E-state index is 12.4. The van der Waals surface area contributed by atoms with Gasteiger partial charge in [-0.25, -0.2) is 4.98 Å². The first-order valence-electron chi connectivity index (χ1n) is 8.14. The number of carbonyl (C=O) groups excluding carboxylic acids is 1. The molecule has 8 heteroatoms. The third kappa shape index (κ3) is 3.31. The molecule has 1 N–H and O–H groups in total. The number of hydrogen-bond acceptors (Lipinski definition) is 6. The SMILES string of the molecule is CC(NC(=O)Cc1csc(-c2cccnc2)n1)c1nnc2ccccn12. The Bertz CT molecular complexity index is 1040. The summed E-state index contributed by atoms with van der Waals surface area (Å²) < 4.78 is 1.87. The Morgan fingerprint density at radius 1 is 1.27 bits per heavy atom. The van der Waals surface area contributed by atoms with E-state index < -0.39 is 0 Å². The molecule has 0 aliphatic heterocycles. The molecule has 130 valence electrons. The maximum absolute atomic E-state index is 12.4. The van der Waals surface area contributed by atoms with Crippen LogP contribution in [0.1, 0.15) is 24.5 Å². The number of nitrogens with one attached hydrogen (secondary N) is 1. The molecule has 1 unspecified atom stereocenters. The predicted octanol–water partition coefficient (Wildman–Crippen LogP) is 2.67. The number of pyridine rings is 2. The summed E-state index contributed by atoms with van der Waals surface area (Å²) in [7, 11) is 0. The lowest BCUT2D eigenvalue weighted by molar-refractivity contribution is -0.121. The Balaban J connectivity index is 1.43. The fourth-order valence-corrected chi connectivity index (χ4v) is 3.50. The molecule has 4 aromatic heterocycles. The summed E-state index contributed by atoms with van der Waals surface area (Å²) in [4.78, 5) is 21.0. The van der Waals surface area contributed by atoms with Gasteiger partial charge < -0.3 is 5.32 Å². The summed E-state index contributed by atoms with van der Waals surface area (Å²) in [5.41, 5.74) is 2.45. The van der Waals surface area contributed by atoms with E-state index in [4.69, 9.17) is 0 Å². The van der Waals surface area contributed by atoms with E-state index in [1.165, 1.54) is 11.3 Å². The molecule has 0 saturated carbocycles. The van der Waals surface area contributed by atoms with E-state index in [2.05, 4.69) is 25.5 Å². The van der Waals surface area contributed by atoms with Crippen LogP contribution in [0.3, 0.4) is 0 Å². The number of rotatable bonds is 5. The minimum atomic E-state index is -0.253. The van der Waals surface area contributed by atoms with Crippen molar-refractivity contribution in [3.63, 3.8) is 0 Å². The molecule has 0 saturated heterocycles. The highest BCUT2D eigenvalue weighted by Gasteiger charge is 2.17. The first kappa shape index (κ1) is 16.3. The van der Waals surface area contributed by atoms with Crippen molar-refractivity contribution in [1.29, 1.82) is 0 Å². The third-order valence-corrected chi connectivity index (χ3v) is 4.85. The lowest BCUT2D eigenvalue weighted by Crippen LogP contribution is -2.29. The van der Waals surface area contributed by atoms with Gasteiger partial charge in [0.25, 0.3) is 0 Å². The van der Waals surface area contributed by atoms with Crippen LogP contribution >= 0.6 is 11.3 Å². The van der Waals surface area contributed by atoms with Gasteiger partial charge in [0.2, 0.25) is 5.91 Å². The van der Waals surface area contributed by atoms with Gasteiger partial charge >= 0.3 is 0 Å². The van der Waals surface area contributed by atoms with E-state index in [1.807, 2.05) is 53.2 Å². The smallest absolute Gasteiger partial charge is 0.226 e. The van der Waals surface area contributed by atoms with Crippen molar-refractivity contribution in [3.05, 3.63) is 65.8 Å². The monoisotopic (exact) mass is 364 g/mol. The fourth-order valence-electron chi connectivity index (χ4n) is 2.69. The molecule has 0 fully saturated rings. The van der Waals surface area contributed by atoms with Crippen molar-refractivity contribution >= 4 is 22.9 Å². The highest BCUT2D eigenvalue weighted by molar-refractivity contribution is 7.13. The molecular weight excluding hydrogens is 348 g/mol. The highest BCUT2D eigenvalue weighted by atomic mass is 32.1. The normalized spacial score (nSPS) is 12.2. The van der Waals surface area contributed by atoms with E-state index in [0.29, 0.717) is 5.82 Å². The summed E-state index contributed by atoms with van der Waals surface area (Å²) in [5, 5.41) is 14.0. The highest BCUT2D eigenvalue weighted by Crippen LogP contribution is 2.23. The standard InChI is InChI=1S/C18H16N6OS/c1-12(17-23-22-15-6-2-3-8-24(15)17)20-16(25)9-14-11-26-18(21-14)13-5-4-7-19-10-13/h2-8,10-12H,9H2,1H3,(H,20,25). The molecule has 1 atom stereocenters. The summed E-state index contributed by atoms with van der Waals surface area (Å²) in [6.45, 7) is 1.89. The van der Waals surface area contributed by atoms with Gasteiger partial charge in [0.1, 0.15) is 5.01 Å². The van der Waals surface area contributed by atoms with Crippen LogP contribution in [0.4, 0.5) is 0 Å². The van der Waals surface area contributed by atoms with Crippen molar-refractivity contribution in [2.24, 2.45) is 0 Å². The second kappa shape index (κ2) is 7.01. The minimum absolute atomic E-state index is 0.104. The summed E-state index contributed by atoms with van der Waals surface area (Å²) in [5.74, 6) is 0.594. The van der Waals surface area contributed by atoms with Gasteiger partial charge in [0.05, 0.1) is 18.2 Å². The average molecular weight is 364 g/mol. The molecule has 4 heterocycles. The zero-order valence-corrected chi connectivity index (χ0v) is 14.8. The Hall–Kier alpha value is -3.13. The summed E-state index contributed by atoms with van der Waals surface area (Å²) >= 11 is 1.51. The van der Waals surface area contributed by atoms with Gasteiger partial charge in [-0.3, -0.25) is 14.2 Å². The largest absolute Gasteiger partial charge is 0.346 e. The van der Waals surface area contributed by atoms with Crippen molar-refractivity contribution in [1.82, 2.24) is 29.9 Å². The van der Waals surface area contributed by atoms with Gasteiger partial charge in [0, 0.05) is 29.5 Å². The number of carbonyl (C=O) groups is 1. The van der Waals surface area contributed by atoms with Gasteiger partial charge in [-0.05, 0) is 31.2 Å². The average Bonchev–Trinajstić information content (AvgIpc) is 3.29. The zero-order chi connectivity index (χ0) is 17.9. The molecule has 0 spiro atoms. The van der Waals surface area contributed by atoms with Crippen molar-refractivity contribution in [2.75, 3.05) is 0 Å². The molecule has 1 amide bonds. The second-order valence-corrected chi connectivity index (χ2v) is 6.70. The van der Waals surface area contributed by atoms with Crippen LogP contribution in [0.5, 0.6) is 0 Å². The molecule has 0 radical (unpaired) electrons. The Kier molecular flexibility index (Phi) is 4.40. The molecule has 4 rings (SSSR count). The third-order valence-electron chi connectivity index (χ3n) is 3.91. The number of fused-ring (bicyclic) bond motifs is 1.